The van der Waals surface area contributed by atoms with E-state index in [1.807, 2.05) is 36.4 Å². The Balaban J connectivity index is 0. The molecule has 0 nitrogen and oxygen atoms in total. The third kappa shape index (κ3) is 17.8. The number of hydrogen-bond donors (Lipinski definition) is 0. The standard InChI is InChI=1S/C12H12.2C4H6/c1-2-3-4-6-9-12-10-7-5-8-11-12;2*1-3-4-2/h2-11H,1H2;2*3-4H,1-2H2. The van der Waals surface area contributed by atoms with E-state index in [4.69, 9.17) is 0 Å². The zero-order valence-corrected chi connectivity index (χ0v) is 12.1. The van der Waals surface area contributed by atoms with E-state index in [1.165, 1.54) is 5.56 Å². The molecule has 0 radical (unpaired) electrons. The molecule has 0 saturated carbocycles. The molecule has 1 aromatic carbocycles. The van der Waals surface area contributed by atoms with Crippen LogP contribution in [0.4, 0.5) is 0 Å². The Morgan fingerprint density at radius 2 is 1.05 bits per heavy atom. The van der Waals surface area contributed by atoms with Gasteiger partial charge < -0.3 is 0 Å². The van der Waals surface area contributed by atoms with Crippen LogP contribution in [-0.4, -0.2) is 0 Å². The zero-order valence-electron chi connectivity index (χ0n) is 12.1. The molecule has 0 amide bonds. The first-order valence-electron chi connectivity index (χ1n) is 6.24. The highest BCUT2D eigenvalue weighted by Gasteiger charge is 1.78. The van der Waals surface area contributed by atoms with Crippen molar-refractivity contribution < 1.29 is 0 Å². The fraction of sp³-hybridized carbons (Fsp3) is 0. The van der Waals surface area contributed by atoms with E-state index in [0.29, 0.717) is 0 Å². The van der Waals surface area contributed by atoms with Crippen molar-refractivity contribution in [2.45, 2.75) is 0 Å². The molecule has 0 N–H and O–H groups in total. The van der Waals surface area contributed by atoms with E-state index in [-0.39, 0.29) is 0 Å². The molecule has 1 aromatic rings. The van der Waals surface area contributed by atoms with E-state index >= 15 is 0 Å². The highest BCUT2D eigenvalue weighted by molar-refractivity contribution is 5.50. The minimum absolute atomic E-state index is 1.21. The Kier molecular flexibility index (Phi) is 18.5. The van der Waals surface area contributed by atoms with E-state index in [9.17, 15) is 0 Å². The van der Waals surface area contributed by atoms with Gasteiger partial charge in [-0.15, -0.1) is 0 Å². The van der Waals surface area contributed by atoms with E-state index in [1.54, 1.807) is 30.4 Å². The van der Waals surface area contributed by atoms with Gasteiger partial charge in [-0.1, -0.05) is 118 Å². The Bertz CT molecular complexity index is 406. The summed E-state index contributed by atoms with van der Waals surface area (Å²) in [6.07, 6.45) is 16.2. The van der Waals surface area contributed by atoms with Crippen LogP contribution in [0.15, 0.2) is 112 Å². The summed E-state index contributed by atoms with van der Waals surface area (Å²) in [6.45, 7) is 17.0. The Morgan fingerprint density at radius 1 is 0.550 bits per heavy atom. The molecule has 0 bridgehead atoms. The van der Waals surface area contributed by atoms with Gasteiger partial charge >= 0.3 is 0 Å². The van der Waals surface area contributed by atoms with Gasteiger partial charge in [-0.25, -0.2) is 0 Å². The molecular formula is C20H24. The van der Waals surface area contributed by atoms with Crippen LogP contribution in [0.25, 0.3) is 6.08 Å². The Morgan fingerprint density at radius 3 is 1.45 bits per heavy atom. The number of benzene rings is 1. The quantitative estimate of drug-likeness (QED) is 0.559. The maximum atomic E-state index is 3.58. The summed E-state index contributed by atoms with van der Waals surface area (Å²) in [5.41, 5.74) is 1.21. The van der Waals surface area contributed by atoms with Crippen LogP contribution in [0.3, 0.4) is 0 Å². The molecule has 0 unspecified atom stereocenters. The molecule has 0 aliphatic heterocycles. The molecule has 104 valence electrons. The predicted octanol–water partition coefficient (Wildman–Crippen LogP) is 6.16. The summed E-state index contributed by atoms with van der Waals surface area (Å²) in [4.78, 5) is 0. The largest absolute Gasteiger partial charge is 0.0991 e. The van der Waals surface area contributed by atoms with Crippen molar-refractivity contribution >= 4 is 6.08 Å². The maximum Gasteiger partial charge on any atom is -0.0257 e. The molecule has 0 heteroatoms. The minimum atomic E-state index is 1.21. The second kappa shape index (κ2) is 18.8. The summed E-state index contributed by atoms with van der Waals surface area (Å²) in [6, 6.07) is 10.2. The van der Waals surface area contributed by atoms with Crippen molar-refractivity contribution in [1.82, 2.24) is 0 Å². The summed E-state index contributed by atoms with van der Waals surface area (Å²) in [5, 5.41) is 0. The fourth-order valence-corrected chi connectivity index (χ4v) is 0.874. The molecule has 0 fully saturated rings. The lowest BCUT2D eigenvalue weighted by molar-refractivity contribution is 1.66. The molecular weight excluding hydrogens is 240 g/mol. The van der Waals surface area contributed by atoms with Crippen molar-refractivity contribution in [3.8, 4) is 0 Å². The van der Waals surface area contributed by atoms with Gasteiger partial charge in [0.2, 0.25) is 0 Å². The van der Waals surface area contributed by atoms with Crippen LogP contribution in [0.5, 0.6) is 0 Å². The molecule has 1 rings (SSSR count). The smallest absolute Gasteiger partial charge is 0.0257 e. The van der Waals surface area contributed by atoms with Crippen molar-refractivity contribution in [2.24, 2.45) is 0 Å². The minimum Gasteiger partial charge on any atom is -0.0991 e. The van der Waals surface area contributed by atoms with Crippen LogP contribution in [0.1, 0.15) is 5.56 Å². The summed E-state index contributed by atoms with van der Waals surface area (Å²) in [7, 11) is 0. The summed E-state index contributed by atoms with van der Waals surface area (Å²) in [5.74, 6) is 0. The summed E-state index contributed by atoms with van der Waals surface area (Å²) >= 11 is 0. The van der Waals surface area contributed by atoms with Gasteiger partial charge in [0.15, 0.2) is 0 Å². The van der Waals surface area contributed by atoms with Crippen LogP contribution in [0, 0.1) is 0 Å². The third-order valence-corrected chi connectivity index (χ3v) is 1.78. The Hall–Kier alpha value is -2.60. The van der Waals surface area contributed by atoms with Gasteiger partial charge in [-0.2, -0.15) is 0 Å². The molecule has 0 saturated heterocycles. The van der Waals surface area contributed by atoms with Crippen molar-refractivity contribution in [3.05, 3.63) is 117 Å². The normalized spacial score (nSPS) is 8.60. The van der Waals surface area contributed by atoms with Gasteiger partial charge in [-0.05, 0) is 5.56 Å². The molecule has 0 heterocycles. The van der Waals surface area contributed by atoms with Crippen LogP contribution >= 0.6 is 0 Å². The average Bonchev–Trinajstić information content (AvgIpc) is 2.53. The highest BCUT2D eigenvalue weighted by Crippen LogP contribution is 2.00. The number of rotatable bonds is 5. The molecule has 0 aromatic heterocycles. The zero-order chi connectivity index (χ0) is 15.5. The first-order valence-corrected chi connectivity index (χ1v) is 6.24. The van der Waals surface area contributed by atoms with Gasteiger partial charge in [0.25, 0.3) is 0 Å². The van der Waals surface area contributed by atoms with Gasteiger partial charge in [0.1, 0.15) is 0 Å². The van der Waals surface area contributed by atoms with Gasteiger partial charge in [0, 0.05) is 0 Å². The molecule has 0 aliphatic rings. The van der Waals surface area contributed by atoms with Gasteiger partial charge in [0.05, 0.1) is 0 Å². The third-order valence-electron chi connectivity index (χ3n) is 1.78. The molecule has 0 aliphatic carbocycles. The first-order chi connectivity index (χ1) is 9.76. The average molecular weight is 264 g/mol. The van der Waals surface area contributed by atoms with Crippen LogP contribution in [0.2, 0.25) is 0 Å². The first kappa shape index (κ1) is 19.7. The number of allylic oxidation sites excluding steroid dienone is 8. The second-order valence-corrected chi connectivity index (χ2v) is 3.33. The van der Waals surface area contributed by atoms with E-state index in [2.05, 4.69) is 51.1 Å². The molecule has 20 heavy (non-hydrogen) atoms. The fourth-order valence-electron chi connectivity index (χ4n) is 0.874. The van der Waals surface area contributed by atoms with Gasteiger partial charge in [-0.3, -0.25) is 0 Å². The highest BCUT2D eigenvalue weighted by atomic mass is 13.8. The van der Waals surface area contributed by atoms with E-state index in [0.717, 1.165) is 0 Å². The van der Waals surface area contributed by atoms with E-state index < -0.39 is 0 Å². The monoisotopic (exact) mass is 264 g/mol. The maximum absolute atomic E-state index is 3.58. The molecule has 0 atom stereocenters. The van der Waals surface area contributed by atoms with Crippen molar-refractivity contribution in [3.63, 3.8) is 0 Å². The number of hydrogen-bond acceptors (Lipinski definition) is 0. The van der Waals surface area contributed by atoms with Crippen LogP contribution < -0.4 is 0 Å². The van der Waals surface area contributed by atoms with Crippen LogP contribution in [-0.2, 0) is 0 Å². The summed E-state index contributed by atoms with van der Waals surface area (Å²) < 4.78 is 0. The lowest BCUT2D eigenvalue weighted by Crippen LogP contribution is -1.66. The predicted molar refractivity (Wildman–Crippen MR) is 95.6 cm³/mol. The lowest BCUT2D eigenvalue weighted by Gasteiger charge is -1.87. The SMILES string of the molecule is C=CC=C.C=CC=C.C=CC=CC=Cc1ccccc1. The second-order valence-electron chi connectivity index (χ2n) is 3.33. The topological polar surface area (TPSA) is 0 Å². The Labute approximate surface area is 124 Å². The van der Waals surface area contributed by atoms with Crippen molar-refractivity contribution in [1.29, 1.82) is 0 Å². The molecule has 0 spiro atoms. The lowest BCUT2D eigenvalue weighted by atomic mass is 10.2. The van der Waals surface area contributed by atoms with Crippen molar-refractivity contribution in [2.75, 3.05) is 0 Å².